The number of rotatable bonds is 1. The van der Waals surface area contributed by atoms with Crippen LogP contribution >= 0.6 is 0 Å². The lowest BCUT2D eigenvalue weighted by atomic mass is 9.60. The van der Waals surface area contributed by atoms with Crippen LogP contribution in [0, 0.1) is 5.41 Å². The second kappa shape index (κ2) is 1.63. The summed E-state index contributed by atoms with van der Waals surface area (Å²) in [5.41, 5.74) is 0.667. The van der Waals surface area contributed by atoms with Crippen molar-refractivity contribution in [2.75, 3.05) is 13.1 Å². The van der Waals surface area contributed by atoms with E-state index in [4.69, 9.17) is 15.7 Å². The molecule has 0 unspecified atom stereocenters. The van der Waals surface area contributed by atoms with Crippen molar-refractivity contribution < 1.29 is 0 Å². The molecule has 1 spiro atoms. The summed E-state index contributed by atoms with van der Waals surface area (Å²) in [5.74, 6) is 0. The summed E-state index contributed by atoms with van der Waals surface area (Å²) >= 11 is 0. The van der Waals surface area contributed by atoms with Gasteiger partial charge in [0.15, 0.2) is 0 Å². The van der Waals surface area contributed by atoms with Crippen LogP contribution in [-0.4, -0.2) is 39.0 Å². The van der Waals surface area contributed by atoms with Crippen LogP contribution in [0.5, 0.6) is 0 Å². The molecular weight excluding hydrogens is 120 g/mol. The highest BCUT2D eigenvalue weighted by molar-refractivity contribution is 6.39. The summed E-state index contributed by atoms with van der Waals surface area (Å²) in [6.07, 6.45) is 2.78. The van der Waals surface area contributed by atoms with E-state index in [9.17, 15) is 0 Å². The highest BCUT2D eigenvalue weighted by Crippen LogP contribution is 2.53. The maximum atomic E-state index is 5.69. The minimum absolute atomic E-state index is 0.576. The molecule has 4 radical (unpaired) electrons. The lowest BCUT2D eigenvalue weighted by Gasteiger charge is -2.49. The van der Waals surface area contributed by atoms with Crippen molar-refractivity contribution in [3.63, 3.8) is 0 Å². The normalized spacial score (nSPS) is 30.1. The van der Waals surface area contributed by atoms with Gasteiger partial charge in [0.1, 0.15) is 0 Å². The van der Waals surface area contributed by atoms with E-state index in [0.29, 0.717) is 5.41 Å². The molecule has 1 saturated carbocycles. The van der Waals surface area contributed by atoms with Gasteiger partial charge >= 0.3 is 0 Å². The van der Waals surface area contributed by atoms with Crippen molar-refractivity contribution in [2.45, 2.75) is 25.1 Å². The van der Waals surface area contributed by atoms with E-state index in [1.807, 2.05) is 6.92 Å². The van der Waals surface area contributed by atoms with Crippen LogP contribution in [0.1, 0.15) is 19.8 Å². The van der Waals surface area contributed by atoms with Crippen molar-refractivity contribution in [2.24, 2.45) is 5.41 Å². The standard InChI is InChI=1S/C7H11B2N/c1-6(8,9)10-4-7(5-10)2-3-7/h2-5H2,1H3. The molecule has 1 aliphatic heterocycles. The van der Waals surface area contributed by atoms with Gasteiger partial charge in [0, 0.05) is 13.1 Å². The fraction of sp³-hybridized carbons (Fsp3) is 1.00. The zero-order valence-corrected chi connectivity index (χ0v) is 6.43. The fourth-order valence-electron chi connectivity index (χ4n) is 1.60. The molecule has 2 rings (SSSR count). The van der Waals surface area contributed by atoms with E-state index in [1.54, 1.807) is 0 Å². The van der Waals surface area contributed by atoms with Gasteiger partial charge in [-0.15, -0.1) is 0 Å². The molecule has 0 aromatic heterocycles. The van der Waals surface area contributed by atoms with E-state index in [2.05, 4.69) is 4.90 Å². The summed E-state index contributed by atoms with van der Waals surface area (Å²) in [4.78, 5) is 2.14. The van der Waals surface area contributed by atoms with Crippen LogP contribution < -0.4 is 0 Å². The molecule has 50 valence electrons. The van der Waals surface area contributed by atoms with Crippen LogP contribution in [0.3, 0.4) is 0 Å². The number of nitrogens with zero attached hydrogens (tertiary/aromatic N) is 1. The first-order chi connectivity index (χ1) is 4.52. The van der Waals surface area contributed by atoms with Gasteiger partial charge in [-0.3, -0.25) is 0 Å². The SMILES string of the molecule is [B]C([B])(C)N1CC2(CC2)C1. The predicted molar refractivity (Wildman–Crippen MR) is 43.2 cm³/mol. The average molecular weight is 131 g/mol. The first-order valence-corrected chi connectivity index (χ1v) is 3.85. The Balaban J connectivity index is 1.90. The smallest absolute Gasteiger partial charge is 0.0820 e. The number of likely N-dealkylation sites (tertiary alicyclic amines) is 1. The van der Waals surface area contributed by atoms with Gasteiger partial charge in [-0.25, -0.2) is 0 Å². The molecule has 1 nitrogen and oxygen atoms in total. The largest absolute Gasteiger partial charge is 0.314 e. The Kier molecular flexibility index (Phi) is 1.11. The third-order valence-electron chi connectivity index (χ3n) is 2.69. The Morgan fingerprint density at radius 1 is 1.30 bits per heavy atom. The van der Waals surface area contributed by atoms with Gasteiger partial charge in [-0.2, -0.15) is 0 Å². The van der Waals surface area contributed by atoms with Crippen molar-refractivity contribution >= 4 is 15.7 Å². The molecule has 2 fully saturated rings. The monoisotopic (exact) mass is 131 g/mol. The molecule has 0 atom stereocenters. The molecule has 2 aliphatic rings. The van der Waals surface area contributed by atoms with E-state index in [-0.39, 0.29) is 0 Å². The van der Waals surface area contributed by atoms with Crippen molar-refractivity contribution in [3.8, 4) is 0 Å². The minimum Gasteiger partial charge on any atom is -0.314 e. The first kappa shape index (κ1) is 6.78. The third kappa shape index (κ3) is 0.914. The zero-order valence-electron chi connectivity index (χ0n) is 6.43. The Labute approximate surface area is 65.0 Å². The highest BCUT2D eigenvalue weighted by Gasteiger charge is 2.53. The zero-order chi connectivity index (χ0) is 7.41. The summed E-state index contributed by atoms with van der Waals surface area (Å²) in [6, 6.07) is 0. The summed E-state index contributed by atoms with van der Waals surface area (Å²) < 4.78 is 0. The van der Waals surface area contributed by atoms with Crippen LogP contribution in [0.4, 0.5) is 0 Å². The molecular formula is C7H11B2N. The van der Waals surface area contributed by atoms with Gasteiger partial charge < -0.3 is 4.90 Å². The average Bonchev–Trinajstić information content (AvgIpc) is 2.32. The minimum atomic E-state index is -0.576. The Morgan fingerprint density at radius 2 is 1.80 bits per heavy atom. The molecule has 1 aliphatic carbocycles. The second-order valence-electron chi connectivity index (χ2n) is 4.08. The Morgan fingerprint density at radius 3 is 2.10 bits per heavy atom. The van der Waals surface area contributed by atoms with E-state index in [1.165, 1.54) is 12.8 Å². The first-order valence-electron chi connectivity index (χ1n) is 3.85. The maximum Gasteiger partial charge on any atom is 0.0820 e. The highest BCUT2D eigenvalue weighted by atomic mass is 15.3. The summed E-state index contributed by atoms with van der Waals surface area (Å²) in [5, 5.41) is -0.576. The van der Waals surface area contributed by atoms with Gasteiger partial charge in [0.2, 0.25) is 0 Å². The van der Waals surface area contributed by atoms with Crippen LogP contribution in [-0.2, 0) is 0 Å². The lowest BCUT2D eigenvalue weighted by molar-refractivity contribution is 0.0566. The van der Waals surface area contributed by atoms with Crippen LogP contribution in [0.25, 0.3) is 0 Å². The molecule has 1 saturated heterocycles. The molecule has 0 amide bonds. The molecule has 0 N–H and O–H groups in total. The van der Waals surface area contributed by atoms with Crippen molar-refractivity contribution in [3.05, 3.63) is 0 Å². The van der Waals surface area contributed by atoms with Crippen molar-refractivity contribution in [1.29, 1.82) is 0 Å². The maximum absolute atomic E-state index is 5.69. The third-order valence-corrected chi connectivity index (χ3v) is 2.69. The number of hydrogen-bond acceptors (Lipinski definition) is 1. The van der Waals surface area contributed by atoms with Gasteiger partial charge in [0.05, 0.1) is 15.7 Å². The molecule has 1 heterocycles. The topological polar surface area (TPSA) is 3.24 Å². The van der Waals surface area contributed by atoms with Crippen molar-refractivity contribution in [1.82, 2.24) is 4.90 Å². The van der Waals surface area contributed by atoms with Gasteiger partial charge in [-0.05, 0) is 18.3 Å². The second-order valence-corrected chi connectivity index (χ2v) is 4.08. The van der Waals surface area contributed by atoms with E-state index >= 15 is 0 Å². The van der Waals surface area contributed by atoms with E-state index < -0.39 is 5.34 Å². The quantitative estimate of drug-likeness (QED) is 0.455. The summed E-state index contributed by atoms with van der Waals surface area (Å²) in [7, 11) is 11.4. The Bertz CT molecular complexity index is 149. The molecule has 0 aromatic carbocycles. The lowest BCUT2D eigenvalue weighted by Crippen LogP contribution is -2.60. The fourth-order valence-corrected chi connectivity index (χ4v) is 1.60. The van der Waals surface area contributed by atoms with Gasteiger partial charge in [-0.1, -0.05) is 12.3 Å². The number of hydrogen-bond donors (Lipinski definition) is 0. The summed E-state index contributed by atoms with van der Waals surface area (Å²) in [6.45, 7) is 4.11. The molecule has 0 aromatic rings. The van der Waals surface area contributed by atoms with Crippen LogP contribution in [0.15, 0.2) is 0 Å². The molecule has 0 bridgehead atoms. The Hall–Kier alpha value is 0.0899. The molecule has 3 heteroatoms. The van der Waals surface area contributed by atoms with E-state index in [0.717, 1.165) is 13.1 Å². The van der Waals surface area contributed by atoms with Gasteiger partial charge in [0.25, 0.3) is 0 Å². The predicted octanol–water partition coefficient (Wildman–Crippen LogP) is 0.0929. The van der Waals surface area contributed by atoms with Crippen LogP contribution in [0.2, 0.25) is 0 Å². The molecule has 10 heavy (non-hydrogen) atoms.